The fourth-order valence-electron chi connectivity index (χ4n) is 2.85. The lowest BCUT2D eigenvalue weighted by Gasteiger charge is -2.40. The van der Waals surface area contributed by atoms with E-state index < -0.39 is 0 Å². The maximum atomic E-state index is 12.3. The SMILES string of the molecule is CCOC1CC(CC(=O)N2CC(CO)OCC2C)C1. The highest BCUT2D eigenvalue weighted by molar-refractivity contribution is 5.77. The molecule has 0 aromatic carbocycles. The zero-order valence-corrected chi connectivity index (χ0v) is 11.9. The number of rotatable bonds is 5. The van der Waals surface area contributed by atoms with Gasteiger partial charge in [-0.2, -0.15) is 0 Å². The molecule has 0 aromatic rings. The second-order valence-corrected chi connectivity index (χ2v) is 5.65. The average Bonchev–Trinajstić information content (AvgIpc) is 2.36. The van der Waals surface area contributed by atoms with Gasteiger partial charge >= 0.3 is 0 Å². The van der Waals surface area contributed by atoms with E-state index in [1.165, 1.54) is 0 Å². The number of carbonyl (C=O) groups excluding carboxylic acids is 1. The first-order chi connectivity index (χ1) is 9.13. The molecule has 0 spiro atoms. The normalized spacial score (nSPS) is 35.0. The highest BCUT2D eigenvalue weighted by atomic mass is 16.5. The summed E-state index contributed by atoms with van der Waals surface area (Å²) >= 11 is 0. The number of ether oxygens (including phenoxy) is 2. The highest BCUT2D eigenvalue weighted by Crippen LogP contribution is 2.33. The van der Waals surface area contributed by atoms with Gasteiger partial charge in [-0.1, -0.05) is 0 Å². The molecule has 5 heteroatoms. The van der Waals surface area contributed by atoms with Crippen LogP contribution in [-0.2, 0) is 14.3 Å². The summed E-state index contributed by atoms with van der Waals surface area (Å²) in [5, 5.41) is 9.13. The summed E-state index contributed by atoms with van der Waals surface area (Å²) in [5.74, 6) is 0.654. The maximum absolute atomic E-state index is 12.3. The van der Waals surface area contributed by atoms with Crippen LogP contribution in [0.4, 0.5) is 0 Å². The van der Waals surface area contributed by atoms with E-state index in [9.17, 15) is 4.79 Å². The molecule has 2 fully saturated rings. The van der Waals surface area contributed by atoms with Gasteiger partial charge in [0, 0.05) is 19.6 Å². The van der Waals surface area contributed by atoms with Gasteiger partial charge in [-0.05, 0) is 32.6 Å². The van der Waals surface area contributed by atoms with Gasteiger partial charge in [0.1, 0.15) is 0 Å². The largest absolute Gasteiger partial charge is 0.394 e. The van der Waals surface area contributed by atoms with Crippen LogP contribution in [0.1, 0.15) is 33.1 Å². The Bertz CT molecular complexity index is 304. The molecule has 1 aliphatic carbocycles. The van der Waals surface area contributed by atoms with Crippen molar-refractivity contribution in [3.05, 3.63) is 0 Å². The zero-order chi connectivity index (χ0) is 13.8. The molecule has 1 N–H and O–H groups in total. The first-order valence-corrected chi connectivity index (χ1v) is 7.27. The van der Waals surface area contributed by atoms with Crippen molar-refractivity contribution in [2.45, 2.75) is 51.4 Å². The van der Waals surface area contributed by atoms with E-state index in [0.29, 0.717) is 31.6 Å². The average molecular weight is 271 g/mol. The number of carbonyl (C=O) groups is 1. The van der Waals surface area contributed by atoms with Crippen molar-refractivity contribution in [3.63, 3.8) is 0 Å². The molecule has 0 bridgehead atoms. The van der Waals surface area contributed by atoms with E-state index in [4.69, 9.17) is 14.6 Å². The molecule has 2 aliphatic rings. The van der Waals surface area contributed by atoms with Crippen molar-refractivity contribution in [3.8, 4) is 0 Å². The quantitative estimate of drug-likeness (QED) is 0.803. The number of aliphatic hydroxyl groups excluding tert-OH is 1. The van der Waals surface area contributed by atoms with E-state index in [0.717, 1.165) is 19.4 Å². The number of nitrogens with zero attached hydrogens (tertiary/aromatic N) is 1. The summed E-state index contributed by atoms with van der Waals surface area (Å²) in [6.45, 7) is 5.76. The van der Waals surface area contributed by atoms with Gasteiger partial charge in [-0.3, -0.25) is 4.79 Å². The molecule has 1 aliphatic heterocycles. The molecule has 0 aromatic heterocycles. The van der Waals surface area contributed by atoms with Crippen LogP contribution in [0.15, 0.2) is 0 Å². The number of morpholine rings is 1. The molecule has 0 radical (unpaired) electrons. The Labute approximate surface area is 114 Å². The molecule has 1 amide bonds. The Morgan fingerprint density at radius 2 is 2.21 bits per heavy atom. The molecular formula is C14H25NO4. The minimum absolute atomic E-state index is 0.0215. The Hall–Kier alpha value is -0.650. The maximum Gasteiger partial charge on any atom is 0.223 e. The molecule has 110 valence electrons. The second kappa shape index (κ2) is 6.68. The predicted molar refractivity (Wildman–Crippen MR) is 70.8 cm³/mol. The Morgan fingerprint density at radius 1 is 1.47 bits per heavy atom. The number of amides is 1. The van der Waals surface area contributed by atoms with Crippen molar-refractivity contribution in [2.24, 2.45) is 5.92 Å². The summed E-state index contributed by atoms with van der Waals surface area (Å²) < 4.78 is 11.0. The van der Waals surface area contributed by atoms with Gasteiger partial charge in [-0.15, -0.1) is 0 Å². The van der Waals surface area contributed by atoms with Crippen molar-refractivity contribution in [1.82, 2.24) is 4.90 Å². The van der Waals surface area contributed by atoms with Crippen LogP contribution >= 0.6 is 0 Å². The van der Waals surface area contributed by atoms with Gasteiger partial charge in [-0.25, -0.2) is 0 Å². The molecular weight excluding hydrogens is 246 g/mol. The van der Waals surface area contributed by atoms with Gasteiger partial charge < -0.3 is 19.5 Å². The van der Waals surface area contributed by atoms with Crippen molar-refractivity contribution < 1.29 is 19.4 Å². The second-order valence-electron chi connectivity index (χ2n) is 5.65. The molecule has 1 heterocycles. The predicted octanol–water partition coefficient (Wildman–Crippen LogP) is 0.800. The van der Waals surface area contributed by atoms with E-state index >= 15 is 0 Å². The van der Waals surface area contributed by atoms with Crippen LogP contribution < -0.4 is 0 Å². The smallest absolute Gasteiger partial charge is 0.223 e. The van der Waals surface area contributed by atoms with Crippen LogP contribution in [0, 0.1) is 5.92 Å². The lowest BCUT2D eigenvalue weighted by molar-refractivity contribution is -0.149. The van der Waals surface area contributed by atoms with E-state index in [1.807, 2.05) is 18.7 Å². The Balaban J connectivity index is 1.76. The highest BCUT2D eigenvalue weighted by Gasteiger charge is 2.35. The molecule has 2 rings (SSSR count). The van der Waals surface area contributed by atoms with Gasteiger partial charge in [0.25, 0.3) is 0 Å². The summed E-state index contributed by atoms with van der Waals surface area (Å²) in [4.78, 5) is 14.1. The van der Waals surface area contributed by atoms with Crippen molar-refractivity contribution in [2.75, 3.05) is 26.4 Å². The van der Waals surface area contributed by atoms with E-state index in [2.05, 4.69) is 0 Å². The summed E-state index contributed by atoms with van der Waals surface area (Å²) in [7, 11) is 0. The fourth-order valence-corrected chi connectivity index (χ4v) is 2.85. The molecule has 19 heavy (non-hydrogen) atoms. The summed E-state index contributed by atoms with van der Waals surface area (Å²) in [6.07, 6.45) is 2.74. The number of aliphatic hydroxyl groups is 1. The number of hydrogen-bond donors (Lipinski definition) is 1. The zero-order valence-electron chi connectivity index (χ0n) is 11.9. The van der Waals surface area contributed by atoms with Crippen molar-refractivity contribution >= 4 is 5.91 Å². The van der Waals surface area contributed by atoms with Crippen LogP contribution in [-0.4, -0.2) is 60.5 Å². The minimum atomic E-state index is -0.224. The summed E-state index contributed by atoms with van der Waals surface area (Å²) in [5.41, 5.74) is 0. The van der Waals surface area contributed by atoms with Crippen LogP contribution in [0.25, 0.3) is 0 Å². The van der Waals surface area contributed by atoms with Gasteiger partial charge in [0.2, 0.25) is 5.91 Å². The topological polar surface area (TPSA) is 59.0 Å². The molecule has 1 saturated heterocycles. The first kappa shape index (κ1) is 14.8. The molecule has 1 saturated carbocycles. The van der Waals surface area contributed by atoms with E-state index in [-0.39, 0.29) is 24.7 Å². The van der Waals surface area contributed by atoms with Gasteiger partial charge in [0.05, 0.1) is 31.5 Å². The molecule has 2 unspecified atom stereocenters. The number of hydrogen-bond acceptors (Lipinski definition) is 4. The minimum Gasteiger partial charge on any atom is -0.394 e. The molecule has 5 nitrogen and oxygen atoms in total. The molecule has 2 atom stereocenters. The third-order valence-corrected chi connectivity index (χ3v) is 4.09. The third kappa shape index (κ3) is 3.68. The van der Waals surface area contributed by atoms with E-state index in [1.54, 1.807) is 0 Å². The standard InChI is InChI=1S/C14H25NO4/c1-3-18-12-4-11(5-12)6-14(17)15-7-13(8-16)19-9-10(15)2/h10-13,16H,3-9H2,1-2H3. The third-order valence-electron chi connectivity index (χ3n) is 4.09. The van der Waals surface area contributed by atoms with Gasteiger partial charge in [0.15, 0.2) is 0 Å². The lowest BCUT2D eigenvalue weighted by Crippen LogP contribution is -2.52. The lowest BCUT2D eigenvalue weighted by atomic mass is 9.79. The van der Waals surface area contributed by atoms with Crippen LogP contribution in [0.3, 0.4) is 0 Å². The Morgan fingerprint density at radius 3 is 2.84 bits per heavy atom. The van der Waals surface area contributed by atoms with Crippen LogP contribution in [0.5, 0.6) is 0 Å². The fraction of sp³-hybridized carbons (Fsp3) is 0.929. The monoisotopic (exact) mass is 271 g/mol. The van der Waals surface area contributed by atoms with Crippen LogP contribution in [0.2, 0.25) is 0 Å². The first-order valence-electron chi connectivity index (χ1n) is 7.27. The summed E-state index contributed by atoms with van der Waals surface area (Å²) in [6, 6.07) is 0.109. The Kier molecular flexibility index (Phi) is 5.19. The van der Waals surface area contributed by atoms with Crippen molar-refractivity contribution in [1.29, 1.82) is 0 Å².